The molecular formula is C14H27ClN+. The minimum Gasteiger partial charge on any atom is -0.332 e. The summed E-state index contributed by atoms with van der Waals surface area (Å²) in [6.07, 6.45) is 8.16. The molecule has 1 saturated carbocycles. The Morgan fingerprint density at radius 1 is 1.12 bits per heavy atom. The Bertz CT molecular complexity index is 219. The molecule has 0 aromatic carbocycles. The predicted molar refractivity (Wildman–Crippen MR) is 70.2 cm³/mol. The lowest BCUT2D eigenvalue weighted by Crippen LogP contribution is -3.17. The summed E-state index contributed by atoms with van der Waals surface area (Å²) in [5.41, 5.74) is 0. The van der Waals surface area contributed by atoms with Crippen LogP contribution in [0.2, 0.25) is 0 Å². The van der Waals surface area contributed by atoms with E-state index in [1.54, 1.807) is 0 Å². The Balaban J connectivity index is 1.80. The topological polar surface area (TPSA) is 4.44 Å². The van der Waals surface area contributed by atoms with Gasteiger partial charge in [0.05, 0.1) is 19.1 Å². The first-order valence-corrected chi connectivity index (χ1v) is 7.57. The number of alkyl halides is 1. The van der Waals surface area contributed by atoms with Gasteiger partial charge in [-0.1, -0.05) is 13.3 Å². The average Bonchev–Trinajstić information content (AvgIpc) is 2.22. The van der Waals surface area contributed by atoms with Crippen molar-refractivity contribution < 1.29 is 4.90 Å². The number of rotatable bonds is 2. The van der Waals surface area contributed by atoms with Crippen LogP contribution in [-0.2, 0) is 0 Å². The van der Waals surface area contributed by atoms with Gasteiger partial charge in [0, 0.05) is 17.7 Å². The third-order valence-electron chi connectivity index (χ3n) is 4.68. The third-order valence-corrected chi connectivity index (χ3v) is 5.08. The van der Waals surface area contributed by atoms with Gasteiger partial charge in [0.15, 0.2) is 0 Å². The molecule has 16 heavy (non-hydrogen) atoms. The maximum Gasteiger partial charge on any atom is 0.0848 e. The summed E-state index contributed by atoms with van der Waals surface area (Å²) < 4.78 is 0. The maximum absolute atomic E-state index is 6.28. The molecule has 1 aliphatic heterocycles. The van der Waals surface area contributed by atoms with Gasteiger partial charge in [0.1, 0.15) is 0 Å². The number of piperidine rings is 1. The van der Waals surface area contributed by atoms with Gasteiger partial charge in [-0.15, -0.1) is 11.6 Å². The van der Waals surface area contributed by atoms with Gasteiger partial charge < -0.3 is 4.90 Å². The second-order valence-electron chi connectivity index (χ2n) is 6.27. The summed E-state index contributed by atoms with van der Waals surface area (Å²) in [6.45, 7) is 7.62. The van der Waals surface area contributed by atoms with Crippen LogP contribution >= 0.6 is 11.6 Å². The number of hydrogen-bond acceptors (Lipinski definition) is 0. The molecule has 94 valence electrons. The van der Waals surface area contributed by atoms with Crippen molar-refractivity contribution in [3.63, 3.8) is 0 Å². The molecule has 1 N–H and O–H groups in total. The molecule has 1 heterocycles. The van der Waals surface area contributed by atoms with Crippen molar-refractivity contribution in [1.29, 1.82) is 0 Å². The molecular weight excluding hydrogens is 218 g/mol. The lowest BCUT2D eigenvalue weighted by Gasteiger charge is -2.37. The maximum atomic E-state index is 6.28. The van der Waals surface area contributed by atoms with E-state index in [0.717, 1.165) is 17.9 Å². The molecule has 2 aliphatic rings. The van der Waals surface area contributed by atoms with Crippen LogP contribution in [0.5, 0.6) is 0 Å². The average molecular weight is 245 g/mol. The smallest absolute Gasteiger partial charge is 0.0848 e. The molecule has 1 nitrogen and oxygen atoms in total. The minimum atomic E-state index is 0.470. The van der Waals surface area contributed by atoms with Crippen LogP contribution in [0, 0.1) is 11.8 Å². The van der Waals surface area contributed by atoms with Crippen molar-refractivity contribution in [2.75, 3.05) is 13.1 Å². The van der Waals surface area contributed by atoms with Crippen LogP contribution in [-0.4, -0.2) is 24.5 Å². The second kappa shape index (κ2) is 5.73. The van der Waals surface area contributed by atoms with Crippen molar-refractivity contribution in [2.24, 2.45) is 11.8 Å². The Labute approximate surface area is 106 Å². The van der Waals surface area contributed by atoms with E-state index in [1.807, 2.05) is 4.90 Å². The molecule has 0 amide bonds. The highest BCUT2D eigenvalue weighted by Crippen LogP contribution is 2.27. The van der Waals surface area contributed by atoms with Gasteiger partial charge in [-0.2, -0.15) is 0 Å². The van der Waals surface area contributed by atoms with E-state index >= 15 is 0 Å². The fourth-order valence-corrected chi connectivity index (χ4v) is 4.06. The number of likely N-dealkylation sites (tertiary alicyclic amines) is 1. The van der Waals surface area contributed by atoms with E-state index in [-0.39, 0.29) is 0 Å². The highest BCUT2D eigenvalue weighted by molar-refractivity contribution is 6.20. The van der Waals surface area contributed by atoms with Gasteiger partial charge in [-0.3, -0.25) is 0 Å². The minimum absolute atomic E-state index is 0.470. The molecule has 0 aromatic rings. The van der Waals surface area contributed by atoms with Crippen LogP contribution in [0.25, 0.3) is 0 Å². The molecule has 0 radical (unpaired) electrons. The normalized spacial score (nSPS) is 45.6. The Hall–Kier alpha value is 0.250. The largest absolute Gasteiger partial charge is 0.332 e. The van der Waals surface area contributed by atoms with Crippen molar-refractivity contribution in [3.05, 3.63) is 0 Å². The monoisotopic (exact) mass is 244 g/mol. The first kappa shape index (κ1) is 12.7. The molecule has 0 aromatic heterocycles. The molecule has 2 fully saturated rings. The van der Waals surface area contributed by atoms with Gasteiger partial charge in [-0.25, -0.2) is 0 Å². The Morgan fingerprint density at radius 2 is 1.94 bits per heavy atom. The standard InChI is InChI=1S/C14H26ClN/c1-11-6-7-16(12(2)8-11)10-13-4-3-5-14(15)9-13/h11-14H,3-10H2,1-2H3/p+1. The zero-order chi connectivity index (χ0) is 11.5. The fourth-order valence-electron chi connectivity index (χ4n) is 3.65. The number of halogens is 1. The predicted octanol–water partition coefficient (Wildman–Crippen LogP) is 2.49. The van der Waals surface area contributed by atoms with E-state index in [9.17, 15) is 0 Å². The Kier molecular flexibility index (Phi) is 4.55. The van der Waals surface area contributed by atoms with E-state index in [0.29, 0.717) is 5.38 Å². The molecule has 5 unspecified atom stereocenters. The van der Waals surface area contributed by atoms with Gasteiger partial charge >= 0.3 is 0 Å². The van der Waals surface area contributed by atoms with Crippen molar-refractivity contribution >= 4 is 11.6 Å². The fraction of sp³-hybridized carbons (Fsp3) is 1.00. The molecule has 0 bridgehead atoms. The number of nitrogens with one attached hydrogen (secondary N) is 1. The van der Waals surface area contributed by atoms with Crippen LogP contribution < -0.4 is 4.90 Å². The zero-order valence-corrected chi connectivity index (χ0v) is 11.6. The summed E-state index contributed by atoms with van der Waals surface area (Å²) in [5.74, 6) is 1.85. The molecule has 0 spiro atoms. The molecule has 1 saturated heterocycles. The molecule has 5 atom stereocenters. The third kappa shape index (κ3) is 3.37. The summed E-state index contributed by atoms with van der Waals surface area (Å²) in [5, 5.41) is 0.470. The van der Waals surface area contributed by atoms with Gasteiger partial charge in [0.25, 0.3) is 0 Å². The van der Waals surface area contributed by atoms with Crippen LogP contribution in [0.4, 0.5) is 0 Å². The summed E-state index contributed by atoms with van der Waals surface area (Å²) >= 11 is 6.28. The molecule has 1 aliphatic carbocycles. The van der Waals surface area contributed by atoms with Crippen LogP contribution in [0.1, 0.15) is 52.4 Å². The summed E-state index contributed by atoms with van der Waals surface area (Å²) in [6, 6.07) is 0.874. The quantitative estimate of drug-likeness (QED) is 0.712. The summed E-state index contributed by atoms with van der Waals surface area (Å²) in [4.78, 5) is 1.86. The van der Waals surface area contributed by atoms with Crippen molar-refractivity contribution in [3.8, 4) is 0 Å². The van der Waals surface area contributed by atoms with E-state index < -0.39 is 0 Å². The second-order valence-corrected chi connectivity index (χ2v) is 6.89. The highest BCUT2D eigenvalue weighted by Gasteiger charge is 2.30. The number of hydrogen-bond donors (Lipinski definition) is 1. The lowest BCUT2D eigenvalue weighted by atomic mass is 9.86. The van der Waals surface area contributed by atoms with Crippen LogP contribution in [0.3, 0.4) is 0 Å². The zero-order valence-electron chi connectivity index (χ0n) is 10.8. The highest BCUT2D eigenvalue weighted by atomic mass is 35.5. The molecule has 2 heteroatoms. The van der Waals surface area contributed by atoms with Crippen LogP contribution in [0.15, 0.2) is 0 Å². The van der Waals surface area contributed by atoms with Crippen molar-refractivity contribution in [1.82, 2.24) is 0 Å². The lowest BCUT2D eigenvalue weighted by molar-refractivity contribution is -0.933. The van der Waals surface area contributed by atoms with Gasteiger partial charge in [-0.05, 0) is 38.5 Å². The van der Waals surface area contributed by atoms with Crippen molar-refractivity contribution in [2.45, 2.75) is 63.8 Å². The first-order chi connectivity index (χ1) is 7.65. The van der Waals surface area contributed by atoms with E-state index in [2.05, 4.69) is 13.8 Å². The summed E-state index contributed by atoms with van der Waals surface area (Å²) in [7, 11) is 0. The molecule has 2 rings (SSSR count). The number of quaternary nitrogens is 1. The first-order valence-electron chi connectivity index (χ1n) is 7.13. The SMILES string of the molecule is CC1CC[NH+](CC2CCCC(Cl)C2)C(C)C1. The van der Waals surface area contributed by atoms with Gasteiger partial charge in [0.2, 0.25) is 0 Å². The Morgan fingerprint density at radius 3 is 2.62 bits per heavy atom. The van der Waals surface area contributed by atoms with E-state index in [4.69, 9.17) is 11.6 Å². The van der Waals surface area contributed by atoms with E-state index in [1.165, 1.54) is 51.6 Å².